The van der Waals surface area contributed by atoms with Crippen molar-refractivity contribution in [3.8, 4) is 0 Å². The highest BCUT2D eigenvalue weighted by atomic mass is 79.9. The van der Waals surface area contributed by atoms with Gasteiger partial charge < -0.3 is 0 Å². The van der Waals surface area contributed by atoms with Crippen molar-refractivity contribution in [2.24, 2.45) is 7.05 Å². The van der Waals surface area contributed by atoms with Crippen LogP contribution in [0.15, 0.2) is 32.3 Å². The van der Waals surface area contributed by atoms with Crippen molar-refractivity contribution in [1.29, 1.82) is 0 Å². The highest BCUT2D eigenvalue weighted by Gasteiger charge is 2.24. The van der Waals surface area contributed by atoms with E-state index in [1.807, 2.05) is 19.1 Å². The van der Waals surface area contributed by atoms with Gasteiger partial charge >= 0.3 is 0 Å². The summed E-state index contributed by atoms with van der Waals surface area (Å²) in [6, 6.07) is 5.36. The first-order valence-electron chi connectivity index (χ1n) is 5.15. The lowest BCUT2D eigenvalue weighted by Crippen LogP contribution is -2.17. The third-order valence-electron chi connectivity index (χ3n) is 2.44. The van der Waals surface area contributed by atoms with Gasteiger partial charge in [0.25, 0.3) is 10.0 Å². The molecule has 19 heavy (non-hydrogen) atoms. The van der Waals surface area contributed by atoms with E-state index < -0.39 is 10.0 Å². The van der Waals surface area contributed by atoms with Crippen LogP contribution in [0.1, 0.15) is 5.56 Å². The van der Waals surface area contributed by atoms with E-state index in [0.717, 1.165) is 10.0 Å². The minimum Gasteiger partial charge on any atom is -0.278 e. The van der Waals surface area contributed by atoms with Gasteiger partial charge in [0, 0.05) is 11.5 Å². The molecule has 0 aliphatic heterocycles. The summed E-state index contributed by atoms with van der Waals surface area (Å²) in [7, 11) is -2.24. The summed E-state index contributed by atoms with van der Waals surface area (Å²) < 4.78 is 29.3. The molecule has 0 bridgehead atoms. The van der Waals surface area contributed by atoms with Gasteiger partial charge in [0.2, 0.25) is 5.03 Å². The molecule has 2 rings (SSSR count). The van der Waals surface area contributed by atoms with Crippen molar-refractivity contribution >= 4 is 47.6 Å². The van der Waals surface area contributed by atoms with Crippen LogP contribution in [0.3, 0.4) is 0 Å². The Balaban J connectivity index is 2.45. The summed E-state index contributed by atoms with van der Waals surface area (Å²) in [6.07, 6.45) is 0. The molecule has 0 fully saturated rings. The minimum absolute atomic E-state index is 0.0214. The molecule has 6 nitrogen and oxygen atoms in total. The SMILES string of the molecule is Cc1ccc(Br)cc1NS(=O)(=O)c1c(Br)nnn1C. The quantitative estimate of drug-likeness (QED) is 0.844. The summed E-state index contributed by atoms with van der Waals surface area (Å²) >= 11 is 6.38. The highest BCUT2D eigenvalue weighted by Crippen LogP contribution is 2.25. The predicted molar refractivity (Wildman–Crippen MR) is 78.4 cm³/mol. The zero-order valence-corrected chi connectivity index (χ0v) is 14.0. The summed E-state index contributed by atoms with van der Waals surface area (Å²) in [5.41, 5.74) is 1.32. The van der Waals surface area contributed by atoms with Crippen LogP contribution in [-0.4, -0.2) is 23.4 Å². The third kappa shape index (κ3) is 2.98. The number of anilines is 1. The monoisotopic (exact) mass is 408 g/mol. The van der Waals surface area contributed by atoms with Crippen molar-refractivity contribution in [3.63, 3.8) is 0 Å². The number of aromatic nitrogens is 3. The number of hydrogen-bond acceptors (Lipinski definition) is 4. The number of aryl methyl sites for hydroxylation is 2. The molecule has 102 valence electrons. The van der Waals surface area contributed by atoms with Gasteiger partial charge in [-0.25, -0.2) is 4.68 Å². The van der Waals surface area contributed by atoms with Crippen LogP contribution in [0.2, 0.25) is 0 Å². The van der Waals surface area contributed by atoms with Gasteiger partial charge in [0.05, 0.1) is 5.69 Å². The van der Waals surface area contributed by atoms with Crippen molar-refractivity contribution in [2.75, 3.05) is 4.72 Å². The minimum atomic E-state index is -3.75. The standard InChI is InChI=1S/C10H10Br2N4O2S/c1-6-3-4-7(11)5-8(6)14-19(17,18)10-9(12)13-15-16(10)2/h3-5,14H,1-2H3. The fourth-order valence-electron chi connectivity index (χ4n) is 1.51. The van der Waals surface area contributed by atoms with Crippen LogP contribution in [0.4, 0.5) is 5.69 Å². The topological polar surface area (TPSA) is 76.9 Å². The van der Waals surface area contributed by atoms with Gasteiger partial charge in [-0.05, 0) is 40.5 Å². The fourth-order valence-corrected chi connectivity index (χ4v) is 4.09. The van der Waals surface area contributed by atoms with E-state index in [1.54, 1.807) is 6.07 Å². The maximum Gasteiger partial charge on any atom is 0.281 e. The number of benzene rings is 1. The van der Waals surface area contributed by atoms with E-state index in [2.05, 4.69) is 46.9 Å². The maximum atomic E-state index is 12.3. The largest absolute Gasteiger partial charge is 0.281 e. The lowest BCUT2D eigenvalue weighted by atomic mass is 10.2. The molecule has 1 N–H and O–H groups in total. The van der Waals surface area contributed by atoms with Crippen LogP contribution < -0.4 is 4.72 Å². The van der Waals surface area contributed by atoms with Crippen LogP contribution >= 0.6 is 31.9 Å². The van der Waals surface area contributed by atoms with Gasteiger partial charge in [0.1, 0.15) is 0 Å². The van der Waals surface area contributed by atoms with E-state index in [0.29, 0.717) is 5.69 Å². The van der Waals surface area contributed by atoms with Gasteiger partial charge in [-0.1, -0.05) is 27.2 Å². The molecular weight excluding hydrogens is 400 g/mol. The number of halogens is 2. The molecule has 0 aliphatic carbocycles. The number of sulfonamides is 1. The van der Waals surface area contributed by atoms with E-state index in [9.17, 15) is 8.42 Å². The summed E-state index contributed by atoms with van der Waals surface area (Å²) in [5.74, 6) is 0. The molecule has 9 heteroatoms. The Labute approximate surface area is 127 Å². The summed E-state index contributed by atoms with van der Waals surface area (Å²) in [5, 5.41) is 7.30. The van der Waals surface area contributed by atoms with Crippen molar-refractivity contribution in [3.05, 3.63) is 32.8 Å². The highest BCUT2D eigenvalue weighted by molar-refractivity contribution is 9.10. The second kappa shape index (κ2) is 5.22. The van der Waals surface area contributed by atoms with Crippen molar-refractivity contribution < 1.29 is 8.42 Å². The zero-order valence-electron chi connectivity index (χ0n) is 10.1. The Bertz CT molecular complexity index is 708. The Hall–Kier alpha value is -0.930. The fraction of sp³-hybridized carbons (Fsp3) is 0.200. The molecule has 0 atom stereocenters. The number of rotatable bonds is 3. The molecule has 1 aromatic carbocycles. The first-order valence-corrected chi connectivity index (χ1v) is 8.22. The van der Waals surface area contributed by atoms with E-state index in [1.165, 1.54) is 11.7 Å². The van der Waals surface area contributed by atoms with Crippen molar-refractivity contribution in [2.45, 2.75) is 11.9 Å². The summed E-state index contributed by atoms with van der Waals surface area (Å²) in [4.78, 5) is 0. The molecule has 2 aromatic rings. The Morgan fingerprint density at radius 1 is 1.32 bits per heavy atom. The lowest BCUT2D eigenvalue weighted by Gasteiger charge is -2.10. The molecule has 1 heterocycles. The Morgan fingerprint density at radius 2 is 2.00 bits per heavy atom. The average Bonchev–Trinajstić information content (AvgIpc) is 2.64. The second-order valence-corrected chi connectivity index (χ2v) is 7.14. The zero-order chi connectivity index (χ0) is 14.2. The van der Waals surface area contributed by atoms with Crippen LogP contribution in [0, 0.1) is 6.92 Å². The number of hydrogen-bond donors (Lipinski definition) is 1. The van der Waals surface area contributed by atoms with Gasteiger partial charge in [-0.15, -0.1) is 5.10 Å². The molecule has 0 saturated carbocycles. The van der Waals surface area contributed by atoms with Crippen LogP contribution in [0.5, 0.6) is 0 Å². The van der Waals surface area contributed by atoms with Crippen LogP contribution in [0.25, 0.3) is 0 Å². The molecule has 0 amide bonds. The van der Waals surface area contributed by atoms with Gasteiger partial charge in [-0.2, -0.15) is 8.42 Å². The van der Waals surface area contributed by atoms with E-state index in [-0.39, 0.29) is 9.63 Å². The van der Waals surface area contributed by atoms with E-state index >= 15 is 0 Å². The predicted octanol–water partition coefficient (Wildman–Crippen LogP) is 2.45. The number of nitrogens with one attached hydrogen (secondary N) is 1. The molecule has 0 aliphatic rings. The summed E-state index contributed by atoms with van der Waals surface area (Å²) in [6.45, 7) is 1.82. The molecule has 0 unspecified atom stereocenters. The van der Waals surface area contributed by atoms with E-state index in [4.69, 9.17) is 0 Å². The van der Waals surface area contributed by atoms with Gasteiger partial charge in [0.15, 0.2) is 4.60 Å². The van der Waals surface area contributed by atoms with Gasteiger partial charge in [-0.3, -0.25) is 4.72 Å². The normalized spacial score (nSPS) is 11.6. The maximum absolute atomic E-state index is 12.3. The lowest BCUT2D eigenvalue weighted by molar-refractivity contribution is 0.578. The molecule has 0 radical (unpaired) electrons. The molecular formula is C10H10Br2N4O2S. The Kier molecular flexibility index (Phi) is 3.98. The molecule has 1 aromatic heterocycles. The Morgan fingerprint density at radius 3 is 2.58 bits per heavy atom. The second-order valence-electron chi connectivity index (χ2n) is 3.87. The number of nitrogens with zero attached hydrogens (tertiary/aromatic N) is 3. The third-order valence-corrected chi connectivity index (χ3v) is 5.18. The average molecular weight is 410 g/mol. The first kappa shape index (κ1) is 14.5. The smallest absolute Gasteiger partial charge is 0.278 e. The first-order chi connectivity index (χ1) is 8.81. The molecule has 0 spiro atoms. The molecule has 0 saturated heterocycles. The van der Waals surface area contributed by atoms with Crippen LogP contribution in [-0.2, 0) is 17.1 Å². The van der Waals surface area contributed by atoms with Crippen molar-refractivity contribution in [1.82, 2.24) is 15.0 Å².